The van der Waals surface area contributed by atoms with Crippen LogP contribution in [0.15, 0.2) is 18.2 Å². The highest BCUT2D eigenvalue weighted by Crippen LogP contribution is 2.24. The number of hydrogen-bond acceptors (Lipinski definition) is 5. The monoisotopic (exact) mass is 205 g/mol. The van der Waals surface area contributed by atoms with Crippen LogP contribution in [0.25, 0.3) is 11.4 Å². The first-order valence-corrected chi connectivity index (χ1v) is 4.35. The van der Waals surface area contributed by atoms with Gasteiger partial charge in [0, 0.05) is 5.56 Å². The number of benzene rings is 1. The fourth-order valence-electron chi connectivity index (χ4n) is 1.25. The molecule has 1 aromatic carbocycles. The van der Waals surface area contributed by atoms with Crippen molar-refractivity contribution in [1.29, 1.82) is 0 Å². The number of aromatic hydroxyl groups is 1. The zero-order valence-electron chi connectivity index (χ0n) is 8.18. The lowest BCUT2D eigenvalue weighted by molar-refractivity contribution is 0.471. The predicted molar refractivity (Wildman–Crippen MR) is 56.4 cm³/mol. The van der Waals surface area contributed by atoms with Gasteiger partial charge in [0.25, 0.3) is 0 Å². The van der Waals surface area contributed by atoms with Gasteiger partial charge in [-0.15, -0.1) is 10.2 Å². The molecule has 0 saturated heterocycles. The van der Waals surface area contributed by atoms with Gasteiger partial charge in [-0.25, -0.2) is 4.68 Å². The van der Waals surface area contributed by atoms with Gasteiger partial charge in [0.1, 0.15) is 5.75 Å². The number of nitrogens with two attached hydrogens (primary N) is 2. The van der Waals surface area contributed by atoms with Crippen LogP contribution in [-0.4, -0.2) is 20.0 Å². The van der Waals surface area contributed by atoms with Gasteiger partial charge in [-0.05, 0) is 18.6 Å². The van der Waals surface area contributed by atoms with Crippen molar-refractivity contribution >= 4 is 5.95 Å². The Hall–Kier alpha value is -2.24. The average Bonchev–Trinajstić information content (AvgIpc) is 2.53. The molecule has 1 heterocycles. The molecule has 2 aromatic rings. The minimum atomic E-state index is 0.130. The van der Waals surface area contributed by atoms with Crippen LogP contribution >= 0.6 is 0 Å². The van der Waals surface area contributed by atoms with E-state index in [1.165, 1.54) is 4.68 Å². The van der Waals surface area contributed by atoms with Crippen LogP contribution in [0.2, 0.25) is 0 Å². The second-order valence-corrected chi connectivity index (χ2v) is 3.25. The molecule has 0 amide bonds. The molecule has 0 aliphatic heterocycles. The number of anilines is 1. The minimum Gasteiger partial charge on any atom is -0.508 e. The van der Waals surface area contributed by atoms with Crippen molar-refractivity contribution in [1.82, 2.24) is 14.9 Å². The van der Waals surface area contributed by atoms with E-state index in [4.69, 9.17) is 11.6 Å². The fourth-order valence-corrected chi connectivity index (χ4v) is 1.25. The molecule has 0 aliphatic carbocycles. The summed E-state index contributed by atoms with van der Waals surface area (Å²) >= 11 is 0. The van der Waals surface area contributed by atoms with Gasteiger partial charge in [-0.3, -0.25) is 0 Å². The van der Waals surface area contributed by atoms with Crippen molar-refractivity contribution in [3.63, 3.8) is 0 Å². The number of hydrogen-bond donors (Lipinski definition) is 3. The van der Waals surface area contributed by atoms with Crippen molar-refractivity contribution in [3.8, 4) is 17.1 Å². The Kier molecular flexibility index (Phi) is 1.96. The number of phenolic OH excluding ortho intramolecular Hbond substituents is 1. The maximum absolute atomic E-state index is 9.53. The number of aromatic nitrogens is 3. The molecule has 0 spiro atoms. The van der Waals surface area contributed by atoms with E-state index in [1.54, 1.807) is 25.1 Å². The lowest BCUT2D eigenvalue weighted by atomic mass is 10.1. The Labute approximate surface area is 86.1 Å². The molecule has 0 saturated carbocycles. The van der Waals surface area contributed by atoms with Gasteiger partial charge >= 0.3 is 0 Å². The smallest absolute Gasteiger partial charge is 0.241 e. The van der Waals surface area contributed by atoms with E-state index in [9.17, 15) is 5.11 Å². The molecule has 0 bridgehead atoms. The second kappa shape index (κ2) is 3.16. The Morgan fingerprint density at radius 2 is 2.07 bits per heavy atom. The van der Waals surface area contributed by atoms with Crippen LogP contribution in [0.3, 0.4) is 0 Å². The van der Waals surface area contributed by atoms with Gasteiger partial charge in [-0.2, -0.15) is 0 Å². The topological polar surface area (TPSA) is 103 Å². The van der Waals surface area contributed by atoms with Crippen molar-refractivity contribution in [2.75, 3.05) is 11.6 Å². The summed E-state index contributed by atoms with van der Waals surface area (Å²) in [5.41, 5.74) is 6.91. The summed E-state index contributed by atoms with van der Waals surface area (Å²) in [5.74, 6) is 6.35. The molecule has 0 atom stereocenters. The average molecular weight is 205 g/mol. The lowest BCUT2D eigenvalue weighted by Crippen LogP contribution is -2.13. The molecule has 0 fully saturated rings. The van der Waals surface area contributed by atoms with Crippen molar-refractivity contribution in [3.05, 3.63) is 23.8 Å². The maximum Gasteiger partial charge on any atom is 0.241 e. The molecule has 78 valence electrons. The first kappa shape index (κ1) is 9.32. The van der Waals surface area contributed by atoms with Gasteiger partial charge in [-0.1, -0.05) is 12.1 Å². The largest absolute Gasteiger partial charge is 0.508 e. The highest BCUT2D eigenvalue weighted by Gasteiger charge is 2.10. The predicted octanol–water partition coefficient (Wildman–Crippen LogP) is 0.255. The zero-order chi connectivity index (χ0) is 11.0. The summed E-state index contributed by atoms with van der Waals surface area (Å²) in [6, 6.07) is 5.14. The quantitative estimate of drug-likeness (QED) is 0.579. The maximum atomic E-state index is 9.53. The van der Waals surface area contributed by atoms with Gasteiger partial charge in [0.2, 0.25) is 5.95 Å². The summed E-state index contributed by atoms with van der Waals surface area (Å²) in [7, 11) is 0. The normalized spacial score (nSPS) is 10.5. The highest BCUT2D eigenvalue weighted by atomic mass is 16.3. The summed E-state index contributed by atoms with van der Waals surface area (Å²) in [6.07, 6.45) is 0. The van der Waals surface area contributed by atoms with Gasteiger partial charge < -0.3 is 16.7 Å². The molecular weight excluding hydrogens is 194 g/mol. The van der Waals surface area contributed by atoms with Crippen LogP contribution in [0, 0.1) is 6.92 Å². The molecule has 0 unspecified atom stereocenters. The van der Waals surface area contributed by atoms with Gasteiger partial charge in [0.15, 0.2) is 5.82 Å². The van der Waals surface area contributed by atoms with E-state index in [2.05, 4.69) is 10.2 Å². The molecule has 5 N–H and O–H groups in total. The summed E-state index contributed by atoms with van der Waals surface area (Å²) in [4.78, 5) is 0. The summed E-state index contributed by atoms with van der Waals surface area (Å²) in [6.45, 7) is 1.81. The molecule has 1 aromatic heterocycles. The summed E-state index contributed by atoms with van der Waals surface area (Å²) < 4.78 is 1.17. The first-order valence-electron chi connectivity index (χ1n) is 4.35. The van der Waals surface area contributed by atoms with Crippen LogP contribution in [-0.2, 0) is 0 Å². The Bertz CT molecular complexity index is 505. The zero-order valence-corrected chi connectivity index (χ0v) is 8.18. The van der Waals surface area contributed by atoms with E-state index in [-0.39, 0.29) is 11.7 Å². The molecule has 6 nitrogen and oxygen atoms in total. The SMILES string of the molecule is Cc1ccc(-c2nnc(N)n2N)cc1O. The number of aryl methyl sites for hydroxylation is 1. The third-order valence-electron chi connectivity index (χ3n) is 2.19. The van der Waals surface area contributed by atoms with Crippen LogP contribution in [0.5, 0.6) is 5.75 Å². The van der Waals surface area contributed by atoms with Crippen LogP contribution in [0.1, 0.15) is 5.56 Å². The van der Waals surface area contributed by atoms with E-state index in [1.807, 2.05) is 0 Å². The standard InChI is InChI=1S/C9H11N5O/c1-5-2-3-6(4-7(5)15)8-12-13-9(10)14(8)11/h2-4,15H,11H2,1H3,(H2,10,13). The van der Waals surface area contributed by atoms with Crippen LogP contribution in [0.4, 0.5) is 5.95 Å². The van der Waals surface area contributed by atoms with Crippen molar-refractivity contribution < 1.29 is 5.11 Å². The van der Waals surface area contributed by atoms with Gasteiger partial charge in [0.05, 0.1) is 0 Å². The number of rotatable bonds is 1. The van der Waals surface area contributed by atoms with E-state index in [0.717, 1.165) is 5.56 Å². The van der Waals surface area contributed by atoms with E-state index >= 15 is 0 Å². The molecule has 15 heavy (non-hydrogen) atoms. The number of phenols is 1. The summed E-state index contributed by atoms with van der Waals surface area (Å²) in [5, 5.41) is 17.0. The molecule has 2 rings (SSSR count). The lowest BCUT2D eigenvalue weighted by Gasteiger charge is -2.03. The Balaban J connectivity index is 2.55. The van der Waals surface area contributed by atoms with E-state index in [0.29, 0.717) is 11.4 Å². The highest BCUT2D eigenvalue weighted by molar-refractivity contribution is 5.60. The molecular formula is C9H11N5O. The number of nitrogens with zero attached hydrogens (tertiary/aromatic N) is 3. The van der Waals surface area contributed by atoms with Crippen LogP contribution < -0.4 is 11.6 Å². The van der Waals surface area contributed by atoms with E-state index < -0.39 is 0 Å². The third kappa shape index (κ3) is 1.45. The Morgan fingerprint density at radius 1 is 1.33 bits per heavy atom. The fraction of sp³-hybridized carbons (Fsp3) is 0.111. The minimum absolute atomic E-state index is 0.130. The first-order chi connectivity index (χ1) is 7.09. The van der Waals surface area contributed by atoms with Crippen molar-refractivity contribution in [2.24, 2.45) is 0 Å². The molecule has 6 heteroatoms. The molecule has 0 radical (unpaired) electrons. The molecule has 0 aliphatic rings. The van der Waals surface area contributed by atoms with Crippen molar-refractivity contribution in [2.45, 2.75) is 6.92 Å². The second-order valence-electron chi connectivity index (χ2n) is 3.25. The number of nitrogen functional groups attached to an aromatic ring is 2. The third-order valence-corrected chi connectivity index (χ3v) is 2.19. The Morgan fingerprint density at radius 3 is 2.60 bits per heavy atom.